The van der Waals surface area contributed by atoms with E-state index in [9.17, 15) is 0 Å². The number of rotatable bonds is 5. The van der Waals surface area contributed by atoms with E-state index in [-0.39, 0.29) is 0 Å². The molecule has 2 aromatic rings. The maximum atomic E-state index is 5.41. The molecule has 3 nitrogen and oxygen atoms in total. The van der Waals surface area contributed by atoms with Crippen molar-refractivity contribution in [3.63, 3.8) is 0 Å². The molecule has 0 amide bonds. The van der Waals surface area contributed by atoms with Crippen LogP contribution in [-0.4, -0.2) is 9.78 Å². The molecule has 2 rings (SSSR count). The van der Waals surface area contributed by atoms with Crippen LogP contribution in [-0.2, 0) is 13.1 Å². The Morgan fingerprint density at radius 1 is 1.35 bits per heavy atom. The molecular weight excluding hydrogens is 246 g/mol. The van der Waals surface area contributed by atoms with Crippen LogP contribution in [0.5, 0.6) is 0 Å². The Labute approximate surface area is 121 Å². The largest absolute Gasteiger partial charge is 0.308 e. The number of benzene rings is 1. The van der Waals surface area contributed by atoms with Gasteiger partial charge < -0.3 is 5.32 Å². The predicted octanol–water partition coefficient (Wildman–Crippen LogP) is 3.04. The van der Waals surface area contributed by atoms with Gasteiger partial charge in [0.05, 0.1) is 5.69 Å². The Morgan fingerprint density at radius 3 is 2.80 bits per heavy atom. The first-order chi connectivity index (χ1) is 9.60. The number of nitrogens with one attached hydrogen (secondary N) is 1. The molecule has 1 N–H and O–H groups in total. The zero-order valence-corrected chi connectivity index (χ0v) is 12.4. The van der Waals surface area contributed by atoms with Crippen LogP contribution in [0, 0.1) is 19.3 Å². The maximum Gasteiger partial charge on any atom is 0.0638 e. The van der Waals surface area contributed by atoms with Gasteiger partial charge in [-0.1, -0.05) is 18.1 Å². The Morgan fingerprint density at radius 2 is 2.15 bits per heavy atom. The predicted molar refractivity (Wildman–Crippen MR) is 82.3 cm³/mol. The maximum absolute atomic E-state index is 5.41. The summed E-state index contributed by atoms with van der Waals surface area (Å²) in [6, 6.07) is 8.46. The second-order valence-electron chi connectivity index (χ2n) is 5.26. The normalized spacial score (nSPS) is 10.8. The van der Waals surface area contributed by atoms with Gasteiger partial charge in [-0.05, 0) is 38.5 Å². The third-order valence-electron chi connectivity index (χ3n) is 3.29. The summed E-state index contributed by atoms with van der Waals surface area (Å²) in [5, 5.41) is 7.95. The lowest BCUT2D eigenvalue weighted by molar-refractivity contribution is 0.528. The van der Waals surface area contributed by atoms with Crippen LogP contribution in [0.3, 0.4) is 0 Å². The van der Waals surface area contributed by atoms with E-state index in [2.05, 4.69) is 49.4 Å². The summed E-state index contributed by atoms with van der Waals surface area (Å²) in [5.74, 6) is 2.66. The van der Waals surface area contributed by atoms with E-state index in [0.717, 1.165) is 24.3 Å². The number of nitrogens with zero attached hydrogens (tertiary/aromatic N) is 2. The minimum atomic E-state index is 0.398. The fourth-order valence-electron chi connectivity index (χ4n) is 2.07. The van der Waals surface area contributed by atoms with E-state index in [0.29, 0.717) is 6.04 Å². The van der Waals surface area contributed by atoms with Gasteiger partial charge in [0.15, 0.2) is 0 Å². The van der Waals surface area contributed by atoms with Crippen molar-refractivity contribution in [3.8, 4) is 12.3 Å². The molecule has 104 valence electrons. The van der Waals surface area contributed by atoms with Gasteiger partial charge in [0.1, 0.15) is 0 Å². The van der Waals surface area contributed by atoms with Crippen LogP contribution in [0.15, 0.2) is 30.5 Å². The molecule has 1 heterocycles. The van der Waals surface area contributed by atoms with Gasteiger partial charge in [-0.25, -0.2) is 0 Å². The molecule has 0 bridgehead atoms. The number of aryl methyl sites for hydroxylation is 1. The first kappa shape index (κ1) is 14.4. The minimum Gasteiger partial charge on any atom is -0.308 e. The Bertz CT molecular complexity index is 617. The van der Waals surface area contributed by atoms with E-state index in [4.69, 9.17) is 6.42 Å². The van der Waals surface area contributed by atoms with E-state index < -0.39 is 0 Å². The Hall–Kier alpha value is -2.05. The summed E-state index contributed by atoms with van der Waals surface area (Å²) in [4.78, 5) is 0. The average molecular weight is 267 g/mol. The molecule has 1 aromatic heterocycles. The van der Waals surface area contributed by atoms with Gasteiger partial charge in [0.2, 0.25) is 0 Å². The molecular formula is C17H21N3. The standard InChI is InChI=1S/C17H21N3/c1-5-15-7-6-8-16(9-15)10-18-11-17-12-20(13(2)3)19-14(17)4/h1,6-9,12-13,18H,10-11H2,2-4H3. The highest BCUT2D eigenvalue weighted by Crippen LogP contribution is 2.11. The molecule has 0 atom stereocenters. The molecule has 3 heteroatoms. The van der Waals surface area contributed by atoms with Crippen molar-refractivity contribution in [1.82, 2.24) is 15.1 Å². The van der Waals surface area contributed by atoms with Crippen molar-refractivity contribution in [3.05, 3.63) is 52.8 Å². The minimum absolute atomic E-state index is 0.398. The quantitative estimate of drug-likeness (QED) is 0.844. The molecule has 0 aliphatic carbocycles. The number of aromatic nitrogens is 2. The third-order valence-corrected chi connectivity index (χ3v) is 3.29. The van der Waals surface area contributed by atoms with Crippen molar-refractivity contribution in [2.45, 2.75) is 39.9 Å². The molecule has 20 heavy (non-hydrogen) atoms. The van der Waals surface area contributed by atoms with E-state index in [1.807, 2.05) is 22.9 Å². The lowest BCUT2D eigenvalue weighted by Crippen LogP contribution is -2.13. The fourth-order valence-corrected chi connectivity index (χ4v) is 2.07. The number of hydrogen-bond donors (Lipinski definition) is 1. The fraction of sp³-hybridized carbons (Fsp3) is 0.353. The highest BCUT2D eigenvalue weighted by Gasteiger charge is 2.06. The second-order valence-corrected chi connectivity index (χ2v) is 5.26. The van der Waals surface area contributed by atoms with Crippen LogP contribution in [0.2, 0.25) is 0 Å². The molecule has 0 spiro atoms. The van der Waals surface area contributed by atoms with Gasteiger partial charge in [0.25, 0.3) is 0 Å². The Kier molecular flexibility index (Phi) is 4.60. The summed E-state index contributed by atoms with van der Waals surface area (Å²) in [6.07, 6.45) is 7.52. The van der Waals surface area contributed by atoms with Gasteiger partial charge in [-0.2, -0.15) is 5.10 Å². The smallest absolute Gasteiger partial charge is 0.0638 e. The van der Waals surface area contributed by atoms with Gasteiger partial charge in [-0.15, -0.1) is 6.42 Å². The van der Waals surface area contributed by atoms with E-state index in [1.54, 1.807) is 0 Å². The van der Waals surface area contributed by atoms with E-state index >= 15 is 0 Å². The molecule has 0 fully saturated rings. The zero-order valence-electron chi connectivity index (χ0n) is 12.4. The van der Waals surface area contributed by atoms with Crippen molar-refractivity contribution in [2.75, 3.05) is 0 Å². The lowest BCUT2D eigenvalue weighted by atomic mass is 10.1. The highest BCUT2D eigenvalue weighted by molar-refractivity contribution is 5.35. The van der Waals surface area contributed by atoms with Gasteiger partial charge in [-0.3, -0.25) is 4.68 Å². The van der Waals surface area contributed by atoms with Crippen molar-refractivity contribution in [1.29, 1.82) is 0 Å². The molecule has 1 aromatic carbocycles. The number of hydrogen-bond acceptors (Lipinski definition) is 2. The summed E-state index contributed by atoms with van der Waals surface area (Å²) in [6.45, 7) is 7.94. The van der Waals surface area contributed by atoms with Crippen LogP contribution in [0.1, 0.15) is 42.3 Å². The third kappa shape index (κ3) is 3.49. The van der Waals surface area contributed by atoms with Crippen molar-refractivity contribution in [2.24, 2.45) is 0 Å². The SMILES string of the molecule is C#Cc1cccc(CNCc2cn(C(C)C)nc2C)c1. The molecule has 0 saturated carbocycles. The average Bonchev–Trinajstić information content (AvgIpc) is 2.81. The molecule has 0 aliphatic heterocycles. The summed E-state index contributed by atoms with van der Waals surface area (Å²) in [5.41, 5.74) is 4.46. The lowest BCUT2D eigenvalue weighted by Gasteiger charge is -2.05. The van der Waals surface area contributed by atoms with Crippen molar-refractivity contribution < 1.29 is 0 Å². The van der Waals surface area contributed by atoms with Crippen LogP contribution in [0.25, 0.3) is 0 Å². The summed E-state index contributed by atoms with van der Waals surface area (Å²) < 4.78 is 2.01. The second kappa shape index (κ2) is 6.40. The van der Waals surface area contributed by atoms with Crippen LogP contribution in [0.4, 0.5) is 0 Å². The molecule has 0 saturated heterocycles. The van der Waals surface area contributed by atoms with Gasteiger partial charge in [0, 0.05) is 36.5 Å². The highest BCUT2D eigenvalue weighted by atomic mass is 15.3. The van der Waals surface area contributed by atoms with Gasteiger partial charge >= 0.3 is 0 Å². The topological polar surface area (TPSA) is 29.9 Å². The summed E-state index contributed by atoms with van der Waals surface area (Å²) >= 11 is 0. The summed E-state index contributed by atoms with van der Waals surface area (Å²) in [7, 11) is 0. The monoisotopic (exact) mass is 267 g/mol. The first-order valence-electron chi connectivity index (χ1n) is 6.91. The van der Waals surface area contributed by atoms with Crippen molar-refractivity contribution >= 4 is 0 Å². The van der Waals surface area contributed by atoms with E-state index in [1.165, 1.54) is 11.1 Å². The zero-order chi connectivity index (χ0) is 14.5. The Balaban J connectivity index is 1.94. The van der Waals surface area contributed by atoms with Crippen LogP contribution < -0.4 is 5.32 Å². The van der Waals surface area contributed by atoms with Crippen LogP contribution >= 0.6 is 0 Å². The molecule has 0 aliphatic rings. The number of terminal acetylenes is 1. The molecule has 0 unspecified atom stereocenters. The molecule has 0 radical (unpaired) electrons. The first-order valence-corrected chi connectivity index (χ1v) is 6.91.